The third-order valence-electron chi connectivity index (χ3n) is 5.33. The number of aromatic nitrogens is 1. The molecule has 0 spiro atoms. The van der Waals surface area contributed by atoms with Gasteiger partial charge in [0.25, 0.3) is 5.91 Å². The van der Waals surface area contributed by atoms with E-state index in [1.54, 1.807) is 30.3 Å². The van der Waals surface area contributed by atoms with Crippen LogP contribution in [0.1, 0.15) is 37.0 Å². The number of likely N-dealkylation sites (tertiary alicyclic amines) is 1. The van der Waals surface area contributed by atoms with E-state index in [1.165, 1.54) is 13.3 Å². The fraction of sp³-hybridized carbons (Fsp3) is 0.409. The highest BCUT2D eigenvalue weighted by molar-refractivity contribution is 6.30. The highest BCUT2D eigenvalue weighted by Gasteiger charge is 2.27. The van der Waals surface area contributed by atoms with Crippen LogP contribution in [0.5, 0.6) is 5.75 Å². The van der Waals surface area contributed by atoms with E-state index in [2.05, 4.69) is 34.4 Å². The summed E-state index contributed by atoms with van der Waals surface area (Å²) in [5.41, 5.74) is 0.748. The number of benzene rings is 1. The molecule has 0 atom stereocenters. The minimum Gasteiger partial charge on any atom is -0.497 e. The van der Waals surface area contributed by atoms with Crippen LogP contribution >= 0.6 is 24.0 Å². The van der Waals surface area contributed by atoms with Crippen molar-refractivity contribution in [1.29, 1.82) is 0 Å². The van der Waals surface area contributed by atoms with E-state index in [9.17, 15) is 9.59 Å². The lowest BCUT2D eigenvalue weighted by atomic mass is 9.95. The highest BCUT2D eigenvalue weighted by atomic mass is 35.5. The molecule has 9 heteroatoms. The minimum atomic E-state index is -0.395. The Hall–Kier alpha value is -2.35. The van der Waals surface area contributed by atoms with E-state index in [1.807, 2.05) is 0 Å². The van der Waals surface area contributed by atoms with Crippen molar-refractivity contribution in [2.75, 3.05) is 30.8 Å². The van der Waals surface area contributed by atoms with Gasteiger partial charge in [0.15, 0.2) is 0 Å². The summed E-state index contributed by atoms with van der Waals surface area (Å²) < 4.78 is 5.25. The SMILES string of the molecule is COc1ccc(NC(=O)C2CCN(C(C)C)CC2)c(C(=O)Nc2ccc(Cl)cn2)c1.Cl. The molecular weight excluding hydrogens is 439 g/mol. The molecule has 2 aromatic rings. The predicted molar refractivity (Wildman–Crippen MR) is 126 cm³/mol. The molecule has 1 aliphatic rings. The van der Waals surface area contributed by atoms with E-state index < -0.39 is 5.91 Å². The molecular formula is C22H28Cl2N4O3. The van der Waals surface area contributed by atoms with Gasteiger partial charge in [0.1, 0.15) is 11.6 Å². The molecule has 1 saturated heterocycles. The Balaban J connectivity index is 0.00000341. The lowest BCUT2D eigenvalue weighted by Gasteiger charge is -2.34. The summed E-state index contributed by atoms with van der Waals surface area (Å²) in [6, 6.07) is 8.73. The Morgan fingerprint density at radius 1 is 1.16 bits per heavy atom. The van der Waals surface area contributed by atoms with Gasteiger partial charge in [0, 0.05) is 18.2 Å². The molecule has 1 aliphatic heterocycles. The van der Waals surface area contributed by atoms with Crippen LogP contribution in [0.3, 0.4) is 0 Å². The summed E-state index contributed by atoms with van der Waals surface area (Å²) in [6.45, 7) is 6.12. The summed E-state index contributed by atoms with van der Waals surface area (Å²) in [7, 11) is 1.53. The van der Waals surface area contributed by atoms with Gasteiger partial charge in [-0.1, -0.05) is 11.6 Å². The van der Waals surface area contributed by atoms with Gasteiger partial charge >= 0.3 is 0 Å². The monoisotopic (exact) mass is 466 g/mol. The fourth-order valence-electron chi connectivity index (χ4n) is 3.49. The average molecular weight is 467 g/mol. The van der Waals surface area contributed by atoms with Crippen molar-refractivity contribution in [3.63, 3.8) is 0 Å². The first-order chi connectivity index (χ1) is 14.4. The number of nitrogens with zero attached hydrogens (tertiary/aromatic N) is 2. The van der Waals surface area contributed by atoms with E-state index in [4.69, 9.17) is 16.3 Å². The molecule has 2 heterocycles. The normalized spacial score (nSPS) is 14.6. The first kappa shape index (κ1) is 24.9. The predicted octanol–water partition coefficient (Wildman–Crippen LogP) is 4.48. The van der Waals surface area contributed by atoms with Crippen LogP contribution in [0.4, 0.5) is 11.5 Å². The highest BCUT2D eigenvalue weighted by Crippen LogP contribution is 2.26. The van der Waals surface area contributed by atoms with Gasteiger partial charge in [-0.05, 0) is 70.1 Å². The van der Waals surface area contributed by atoms with E-state index in [-0.39, 0.29) is 24.2 Å². The second kappa shape index (κ2) is 11.3. The molecule has 1 aromatic carbocycles. The Morgan fingerprint density at radius 3 is 2.45 bits per heavy atom. The third kappa shape index (κ3) is 6.56. The third-order valence-corrected chi connectivity index (χ3v) is 5.55. The molecule has 0 unspecified atom stereocenters. The molecule has 0 bridgehead atoms. The maximum atomic E-state index is 12.9. The van der Waals surface area contributed by atoms with Gasteiger partial charge in [0.2, 0.25) is 5.91 Å². The standard InChI is InChI=1S/C22H27ClN4O3.ClH/c1-14(2)27-10-8-15(9-11-27)21(28)25-19-6-5-17(30-3)12-18(19)22(29)26-20-7-4-16(23)13-24-20;/h4-7,12-15H,8-11H2,1-3H3,(H,25,28)(H,24,26,29);1H. The molecule has 168 valence electrons. The quantitative estimate of drug-likeness (QED) is 0.655. The Labute approximate surface area is 193 Å². The van der Waals surface area contributed by atoms with Crippen LogP contribution in [0.15, 0.2) is 36.5 Å². The lowest BCUT2D eigenvalue weighted by molar-refractivity contribution is -0.121. The summed E-state index contributed by atoms with van der Waals surface area (Å²) in [5.74, 6) is 0.352. The van der Waals surface area contributed by atoms with Gasteiger partial charge in [-0.25, -0.2) is 4.98 Å². The maximum absolute atomic E-state index is 12.9. The number of ether oxygens (including phenoxy) is 1. The van der Waals surface area contributed by atoms with Crippen molar-refractivity contribution >= 4 is 47.3 Å². The van der Waals surface area contributed by atoms with Gasteiger partial charge in [-0.15, -0.1) is 12.4 Å². The number of hydrogen-bond acceptors (Lipinski definition) is 5. The van der Waals surface area contributed by atoms with Crippen LogP contribution in [-0.2, 0) is 4.79 Å². The minimum absolute atomic E-state index is 0. The summed E-state index contributed by atoms with van der Waals surface area (Å²) in [4.78, 5) is 32.2. The van der Waals surface area contributed by atoms with Crippen molar-refractivity contribution in [2.45, 2.75) is 32.7 Å². The zero-order chi connectivity index (χ0) is 21.7. The Kier molecular flexibility index (Phi) is 9.10. The second-order valence-corrected chi connectivity index (χ2v) is 8.06. The van der Waals surface area contributed by atoms with Gasteiger partial charge in [-0.2, -0.15) is 0 Å². The molecule has 31 heavy (non-hydrogen) atoms. The van der Waals surface area contributed by atoms with Crippen LogP contribution in [-0.4, -0.2) is 47.9 Å². The molecule has 2 amide bonds. The van der Waals surface area contributed by atoms with Crippen LogP contribution in [0, 0.1) is 5.92 Å². The van der Waals surface area contributed by atoms with Crippen molar-refractivity contribution in [3.8, 4) is 5.75 Å². The smallest absolute Gasteiger partial charge is 0.259 e. The summed E-state index contributed by atoms with van der Waals surface area (Å²) in [6.07, 6.45) is 3.06. The summed E-state index contributed by atoms with van der Waals surface area (Å²) >= 11 is 5.85. The topological polar surface area (TPSA) is 83.6 Å². The number of hydrogen-bond donors (Lipinski definition) is 2. The second-order valence-electron chi connectivity index (χ2n) is 7.62. The number of rotatable bonds is 6. The van der Waals surface area contributed by atoms with Crippen molar-refractivity contribution < 1.29 is 14.3 Å². The molecule has 0 saturated carbocycles. The molecule has 0 aliphatic carbocycles. The van der Waals surface area contributed by atoms with E-state index in [0.717, 1.165) is 25.9 Å². The zero-order valence-corrected chi connectivity index (χ0v) is 19.4. The largest absolute Gasteiger partial charge is 0.497 e. The number of anilines is 2. The molecule has 7 nitrogen and oxygen atoms in total. The number of carbonyl (C=O) groups excluding carboxylic acids is 2. The first-order valence-electron chi connectivity index (χ1n) is 10.0. The van der Waals surface area contributed by atoms with Gasteiger partial charge < -0.3 is 20.3 Å². The number of methoxy groups -OCH3 is 1. The molecule has 0 radical (unpaired) electrons. The van der Waals surface area contributed by atoms with Crippen molar-refractivity contribution in [2.24, 2.45) is 5.92 Å². The maximum Gasteiger partial charge on any atom is 0.259 e. The average Bonchev–Trinajstić information content (AvgIpc) is 2.75. The fourth-order valence-corrected chi connectivity index (χ4v) is 3.61. The van der Waals surface area contributed by atoms with Crippen LogP contribution in [0.25, 0.3) is 0 Å². The Morgan fingerprint density at radius 2 is 1.87 bits per heavy atom. The number of nitrogens with one attached hydrogen (secondary N) is 2. The number of pyridine rings is 1. The van der Waals surface area contributed by atoms with Crippen molar-refractivity contribution in [3.05, 3.63) is 47.1 Å². The van der Waals surface area contributed by atoms with E-state index in [0.29, 0.717) is 33.9 Å². The van der Waals surface area contributed by atoms with Gasteiger partial charge in [0.05, 0.1) is 23.4 Å². The number of piperidine rings is 1. The molecule has 1 aromatic heterocycles. The number of amides is 2. The molecule has 3 rings (SSSR count). The molecule has 2 N–H and O–H groups in total. The zero-order valence-electron chi connectivity index (χ0n) is 17.9. The Bertz CT molecular complexity index is 898. The first-order valence-corrected chi connectivity index (χ1v) is 10.4. The molecule has 1 fully saturated rings. The van der Waals surface area contributed by atoms with Crippen molar-refractivity contribution in [1.82, 2.24) is 9.88 Å². The summed E-state index contributed by atoms with van der Waals surface area (Å²) in [5, 5.41) is 6.14. The van der Waals surface area contributed by atoms with Crippen LogP contribution in [0.2, 0.25) is 5.02 Å². The number of carbonyl (C=O) groups is 2. The number of halogens is 2. The van der Waals surface area contributed by atoms with Gasteiger partial charge in [-0.3, -0.25) is 9.59 Å². The van der Waals surface area contributed by atoms with E-state index >= 15 is 0 Å². The van der Waals surface area contributed by atoms with Crippen LogP contribution < -0.4 is 15.4 Å². The lowest BCUT2D eigenvalue weighted by Crippen LogP contribution is -2.41.